The van der Waals surface area contributed by atoms with Gasteiger partial charge in [0.05, 0.1) is 10.2 Å². The molecule has 1 N–H and O–H groups in total. The van der Waals surface area contributed by atoms with Gasteiger partial charge in [-0.05, 0) is 46.6 Å². The van der Waals surface area contributed by atoms with E-state index in [1.54, 1.807) is 19.2 Å². The predicted molar refractivity (Wildman–Crippen MR) is 68.0 cm³/mol. The van der Waals surface area contributed by atoms with Crippen LogP contribution in [0.1, 0.15) is 16.1 Å². The second-order valence-electron chi connectivity index (χ2n) is 3.95. The quantitative estimate of drug-likeness (QED) is 0.927. The first-order valence-corrected chi connectivity index (χ1v) is 5.93. The van der Waals surface area contributed by atoms with Gasteiger partial charge in [0.1, 0.15) is 5.82 Å². The smallest absolute Gasteiger partial charge is 0.356 e. The van der Waals surface area contributed by atoms with Gasteiger partial charge in [0.15, 0.2) is 5.69 Å². The number of hydrogen-bond acceptors (Lipinski definition) is 2. The highest BCUT2D eigenvalue weighted by Crippen LogP contribution is 2.29. The average molecular weight is 313 g/mol. The second kappa shape index (κ2) is 4.53. The van der Waals surface area contributed by atoms with E-state index >= 15 is 0 Å². The van der Waals surface area contributed by atoms with Gasteiger partial charge < -0.3 is 5.11 Å². The van der Waals surface area contributed by atoms with Crippen LogP contribution in [0.2, 0.25) is 0 Å². The van der Waals surface area contributed by atoms with Crippen LogP contribution in [0.3, 0.4) is 0 Å². The number of carbonyl (C=O) groups is 1. The van der Waals surface area contributed by atoms with Crippen molar-refractivity contribution in [2.45, 2.75) is 6.92 Å². The molecule has 0 bridgehead atoms. The number of aromatic nitrogens is 2. The third-order valence-electron chi connectivity index (χ3n) is 2.55. The van der Waals surface area contributed by atoms with Crippen LogP contribution in [0.4, 0.5) is 4.39 Å². The minimum Gasteiger partial charge on any atom is -0.476 e. The van der Waals surface area contributed by atoms with Crippen LogP contribution in [0.5, 0.6) is 0 Å². The van der Waals surface area contributed by atoms with E-state index in [0.29, 0.717) is 15.7 Å². The van der Waals surface area contributed by atoms with Gasteiger partial charge in [0.25, 0.3) is 0 Å². The van der Waals surface area contributed by atoms with Gasteiger partial charge >= 0.3 is 5.97 Å². The van der Waals surface area contributed by atoms with Gasteiger partial charge in [-0.2, -0.15) is 5.10 Å². The van der Waals surface area contributed by atoms with E-state index in [0.717, 1.165) is 5.56 Å². The van der Waals surface area contributed by atoms with Crippen LogP contribution >= 0.6 is 15.9 Å². The number of rotatable bonds is 2. The van der Waals surface area contributed by atoms with Gasteiger partial charge in [0, 0.05) is 12.6 Å². The van der Waals surface area contributed by atoms with Crippen molar-refractivity contribution in [3.63, 3.8) is 0 Å². The third-order valence-corrected chi connectivity index (χ3v) is 3.12. The van der Waals surface area contributed by atoms with Crippen LogP contribution in [0.25, 0.3) is 11.3 Å². The minimum absolute atomic E-state index is 0.107. The minimum atomic E-state index is -1.14. The van der Waals surface area contributed by atoms with Gasteiger partial charge in [-0.1, -0.05) is 0 Å². The monoisotopic (exact) mass is 312 g/mol. The summed E-state index contributed by atoms with van der Waals surface area (Å²) in [5.74, 6) is -1.57. The van der Waals surface area contributed by atoms with Crippen molar-refractivity contribution in [1.29, 1.82) is 0 Å². The van der Waals surface area contributed by atoms with Gasteiger partial charge in [-0.25, -0.2) is 9.18 Å². The number of carboxylic acids is 1. The second-order valence-corrected chi connectivity index (χ2v) is 4.81. The normalized spacial score (nSPS) is 10.7. The first kappa shape index (κ1) is 12.8. The van der Waals surface area contributed by atoms with Gasteiger partial charge in [-0.3, -0.25) is 4.68 Å². The van der Waals surface area contributed by atoms with E-state index in [9.17, 15) is 9.18 Å². The first-order chi connectivity index (χ1) is 8.40. The van der Waals surface area contributed by atoms with Crippen molar-refractivity contribution in [3.05, 3.63) is 39.7 Å². The molecule has 4 nitrogen and oxygen atoms in total. The number of aryl methyl sites for hydroxylation is 2. The standard InChI is InChI=1S/C12H10BrFN2O2/c1-6-3-7(11(14)8(13)4-6)10-5-9(12(17)18)15-16(10)2/h3-5H,1-2H3,(H,17,18). The summed E-state index contributed by atoms with van der Waals surface area (Å²) < 4.78 is 15.7. The highest BCUT2D eigenvalue weighted by atomic mass is 79.9. The zero-order valence-corrected chi connectivity index (χ0v) is 11.3. The van der Waals surface area contributed by atoms with Crippen LogP contribution in [-0.2, 0) is 7.05 Å². The number of halogens is 2. The van der Waals surface area contributed by atoms with Gasteiger partial charge in [0.2, 0.25) is 0 Å². The Hall–Kier alpha value is -1.69. The molecular formula is C12H10BrFN2O2. The maximum atomic E-state index is 14.0. The molecule has 6 heteroatoms. The van der Waals surface area contributed by atoms with E-state index in [1.807, 2.05) is 6.92 Å². The van der Waals surface area contributed by atoms with Crippen LogP contribution < -0.4 is 0 Å². The molecule has 0 saturated carbocycles. The molecule has 1 aromatic carbocycles. The molecule has 0 atom stereocenters. The maximum Gasteiger partial charge on any atom is 0.356 e. The summed E-state index contributed by atoms with van der Waals surface area (Å²) in [6.45, 7) is 1.84. The Morgan fingerprint density at radius 1 is 1.44 bits per heavy atom. The van der Waals surface area contributed by atoms with E-state index in [2.05, 4.69) is 21.0 Å². The summed E-state index contributed by atoms with van der Waals surface area (Å²) in [6, 6.07) is 4.67. The number of nitrogens with zero attached hydrogens (tertiary/aromatic N) is 2. The lowest BCUT2D eigenvalue weighted by atomic mass is 10.1. The molecule has 0 spiro atoms. The fourth-order valence-corrected chi connectivity index (χ4v) is 2.31. The van der Waals surface area contributed by atoms with E-state index in [-0.39, 0.29) is 5.69 Å². The van der Waals surface area contributed by atoms with Crippen molar-refractivity contribution >= 4 is 21.9 Å². The molecule has 0 saturated heterocycles. The molecule has 1 heterocycles. The molecular weight excluding hydrogens is 303 g/mol. The Balaban J connectivity index is 2.65. The van der Waals surface area contributed by atoms with E-state index in [4.69, 9.17) is 5.11 Å². The van der Waals surface area contributed by atoms with Gasteiger partial charge in [-0.15, -0.1) is 0 Å². The average Bonchev–Trinajstić information content (AvgIpc) is 2.66. The summed E-state index contributed by atoms with van der Waals surface area (Å²) in [5, 5.41) is 12.7. The zero-order valence-electron chi connectivity index (χ0n) is 9.74. The van der Waals surface area contributed by atoms with E-state index in [1.165, 1.54) is 10.7 Å². The molecule has 0 amide bonds. The SMILES string of the molecule is Cc1cc(Br)c(F)c(-c2cc(C(=O)O)nn2C)c1. The summed E-state index contributed by atoms with van der Waals surface area (Å²) in [5.41, 5.74) is 1.51. The highest BCUT2D eigenvalue weighted by molar-refractivity contribution is 9.10. The van der Waals surface area contributed by atoms with Crippen molar-refractivity contribution in [3.8, 4) is 11.3 Å². The molecule has 0 unspecified atom stereocenters. The van der Waals surface area contributed by atoms with Crippen molar-refractivity contribution in [2.75, 3.05) is 0 Å². The molecule has 0 radical (unpaired) electrons. The lowest BCUT2D eigenvalue weighted by molar-refractivity contribution is 0.0689. The van der Waals surface area contributed by atoms with Crippen molar-refractivity contribution in [1.82, 2.24) is 9.78 Å². The maximum absolute atomic E-state index is 14.0. The summed E-state index contributed by atoms with van der Waals surface area (Å²) >= 11 is 3.13. The van der Waals surface area contributed by atoms with E-state index < -0.39 is 11.8 Å². The summed E-state index contributed by atoms with van der Waals surface area (Å²) in [7, 11) is 1.58. The Morgan fingerprint density at radius 2 is 2.11 bits per heavy atom. The molecule has 2 rings (SSSR count). The Kier molecular flexibility index (Phi) is 3.21. The predicted octanol–water partition coefficient (Wildman–Crippen LogP) is 3.00. The molecule has 18 heavy (non-hydrogen) atoms. The topological polar surface area (TPSA) is 55.1 Å². The Morgan fingerprint density at radius 3 is 2.67 bits per heavy atom. The molecule has 94 valence electrons. The fraction of sp³-hybridized carbons (Fsp3) is 0.167. The first-order valence-electron chi connectivity index (χ1n) is 5.13. The number of hydrogen-bond donors (Lipinski definition) is 1. The van der Waals surface area contributed by atoms with Crippen LogP contribution in [0.15, 0.2) is 22.7 Å². The number of benzene rings is 1. The highest BCUT2D eigenvalue weighted by Gasteiger charge is 2.17. The molecule has 0 aliphatic carbocycles. The lowest BCUT2D eigenvalue weighted by Crippen LogP contribution is -1.99. The Labute approximate surface area is 111 Å². The molecule has 0 fully saturated rings. The molecule has 1 aromatic heterocycles. The largest absolute Gasteiger partial charge is 0.476 e. The summed E-state index contributed by atoms with van der Waals surface area (Å²) in [6.07, 6.45) is 0. The molecule has 0 aliphatic rings. The Bertz CT molecular complexity index is 637. The number of carboxylic acid groups (broad SMARTS) is 1. The summed E-state index contributed by atoms with van der Waals surface area (Å²) in [4.78, 5) is 10.8. The third kappa shape index (κ3) is 2.15. The fourth-order valence-electron chi connectivity index (χ4n) is 1.73. The van der Waals surface area contributed by atoms with Crippen LogP contribution in [-0.4, -0.2) is 20.9 Å². The molecule has 2 aromatic rings. The van der Waals surface area contributed by atoms with Crippen molar-refractivity contribution in [2.24, 2.45) is 7.05 Å². The van der Waals surface area contributed by atoms with Crippen molar-refractivity contribution < 1.29 is 14.3 Å². The zero-order chi connectivity index (χ0) is 13.4. The lowest BCUT2D eigenvalue weighted by Gasteiger charge is -2.06. The molecule has 0 aliphatic heterocycles. The number of aromatic carboxylic acids is 1. The van der Waals surface area contributed by atoms with Crippen LogP contribution in [0, 0.1) is 12.7 Å².